The SMILES string of the molecule is COc1cccc(C(=O)NCCc2nccn2Cc2ccccc2)c1OC. The molecule has 0 saturated carbocycles. The molecule has 1 heterocycles. The van der Waals surface area contributed by atoms with E-state index in [1.807, 2.05) is 24.4 Å². The van der Waals surface area contributed by atoms with Crippen LogP contribution in [-0.4, -0.2) is 36.2 Å². The third-order valence-electron chi connectivity index (χ3n) is 4.28. The van der Waals surface area contributed by atoms with Crippen LogP contribution in [0.1, 0.15) is 21.7 Å². The summed E-state index contributed by atoms with van der Waals surface area (Å²) in [5.74, 6) is 1.69. The van der Waals surface area contributed by atoms with E-state index >= 15 is 0 Å². The Balaban J connectivity index is 1.61. The Morgan fingerprint density at radius 3 is 2.63 bits per heavy atom. The Bertz CT molecular complexity index is 891. The molecule has 1 aromatic heterocycles. The first-order valence-corrected chi connectivity index (χ1v) is 8.76. The predicted molar refractivity (Wildman–Crippen MR) is 103 cm³/mol. The maximum absolute atomic E-state index is 12.5. The molecule has 0 aliphatic heterocycles. The van der Waals surface area contributed by atoms with E-state index in [0.717, 1.165) is 12.4 Å². The predicted octanol–water partition coefficient (Wildman–Crippen LogP) is 2.92. The van der Waals surface area contributed by atoms with E-state index in [0.29, 0.717) is 30.0 Å². The lowest BCUT2D eigenvalue weighted by molar-refractivity contribution is 0.0950. The summed E-state index contributed by atoms with van der Waals surface area (Å²) in [4.78, 5) is 16.9. The van der Waals surface area contributed by atoms with E-state index < -0.39 is 0 Å². The number of aromatic nitrogens is 2. The molecule has 0 spiro atoms. The van der Waals surface area contributed by atoms with Crippen LogP contribution in [0.3, 0.4) is 0 Å². The van der Waals surface area contributed by atoms with Gasteiger partial charge in [-0.25, -0.2) is 4.98 Å². The van der Waals surface area contributed by atoms with Gasteiger partial charge in [0.05, 0.1) is 19.8 Å². The van der Waals surface area contributed by atoms with Gasteiger partial charge in [0.1, 0.15) is 5.82 Å². The zero-order chi connectivity index (χ0) is 19.1. The molecule has 140 valence electrons. The minimum absolute atomic E-state index is 0.202. The maximum atomic E-state index is 12.5. The van der Waals surface area contributed by atoms with Gasteiger partial charge < -0.3 is 19.4 Å². The molecule has 27 heavy (non-hydrogen) atoms. The first kappa shape index (κ1) is 18.5. The molecule has 0 atom stereocenters. The molecule has 6 heteroatoms. The highest BCUT2D eigenvalue weighted by Gasteiger charge is 2.16. The molecule has 3 rings (SSSR count). The number of hydrogen-bond donors (Lipinski definition) is 1. The first-order chi connectivity index (χ1) is 13.2. The van der Waals surface area contributed by atoms with Crippen molar-refractivity contribution in [2.75, 3.05) is 20.8 Å². The molecule has 1 amide bonds. The van der Waals surface area contributed by atoms with Gasteiger partial charge in [0, 0.05) is 31.9 Å². The van der Waals surface area contributed by atoms with E-state index in [1.165, 1.54) is 12.7 Å². The van der Waals surface area contributed by atoms with Gasteiger partial charge in [-0.05, 0) is 17.7 Å². The standard InChI is InChI=1S/C21H23N3O3/c1-26-18-10-6-9-17(20(18)27-2)21(25)23-12-11-19-22-13-14-24(19)15-16-7-4-3-5-8-16/h3-10,13-14H,11-12,15H2,1-2H3,(H,23,25). The molecule has 3 aromatic rings. The summed E-state index contributed by atoms with van der Waals surface area (Å²) in [5.41, 5.74) is 1.66. The minimum Gasteiger partial charge on any atom is -0.493 e. The molecule has 0 aliphatic rings. The van der Waals surface area contributed by atoms with E-state index in [2.05, 4.69) is 27.0 Å². The largest absolute Gasteiger partial charge is 0.493 e. The topological polar surface area (TPSA) is 65.4 Å². The van der Waals surface area contributed by atoms with Crippen LogP contribution in [0.15, 0.2) is 60.9 Å². The molecular formula is C21H23N3O3. The van der Waals surface area contributed by atoms with E-state index in [1.54, 1.807) is 31.5 Å². The zero-order valence-corrected chi connectivity index (χ0v) is 15.5. The average Bonchev–Trinajstić information content (AvgIpc) is 3.14. The quantitative estimate of drug-likeness (QED) is 0.667. The Morgan fingerprint density at radius 2 is 1.89 bits per heavy atom. The monoisotopic (exact) mass is 365 g/mol. The third-order valence-corrected chi connectivity index (χ3v) is 4.28. The van der Waals surface area contributed by atoms with Crippen molar-refractivity contribution in [2.24, 2.45) is 0 Å². The molecular weight excluding hydrogens is 342 g/mol. The second-order valence-corrected chi connectivity index (χ2v) is 6.00. The summed E-state index contributed by atoms with van der Waals surface area (Å²) in [5, 5.41) is 2.93. The smallest absolute Gasteiger partial charge is 0.255 e. The number of benzene rings is 2. The Labute approximate surface area is 158 Å². The van der Waals surface area contributed by atoms with Crippen molar-refractivity contribution < 1.29 is 14.3 Å². The van der Waals surface area contributed by atoms with Crippen molar-refractivity contribution in [3.8, 4) is 11.5 Å². The number of carbonyl (C=O) groups is 1. The fourth-order valence-corrected chi connectivity index (χ4v) is 2.94. The number of ether oxygens (including phenoxy) is 2. The van der Waals surface area contributed by atoms with Crippen molar-refractivity contribution in [1.29, 1.82) is 0 Å². The molecule has 2 aromatic carbocycles. The lowest BCUT2D eigenvalue weighted by atomic mass is 10.1. The number of carbonyl (C=O) groups excluding carboxylic acids is 1. The molecule has 0 radical (unpaired) electrons. The zero-order valence-electron chi connectivity index (χ0n) is 15.5. The van der Waals surface area contributed by atoms with Gasteiger partial charge in [-0.1, -0.05) is 36.4 Å². The minimum atomic E-state index is -0.202. The Hall–Kier alpha value is -3.28. The molecule has 0 bridgehead atoms. The van der Waals surface area contributed by atoms with E-state index in [4.69, 9.17) is 9.47 Å². The molecule has 6 nitrogen and oxygen atoms in total. The van der Waals surface area contributed by atoms with Gasteiger partial charge in [0.15, 0.2) is 11.5 Å². The Kier molecular flexibility index (Phi) is 6.10. The normalized spacial score (nSPS) is 10.4. The Morgan fingerprint density at radius 1 is 1.07 bits per heavy atom. The first-order valence-electron chi connectivity index (χ1n) is 8.76. The van der Waals surface area contributed by atoms with Crippen LogP contribution in [0, 0.1) is 0 Å². The number of hydrogen-bond acceptors (Lipinski definition) is 4. The summed E-state index contributed by atoms with van der Waals surface area (Å²) in [7, 11) is 3.07. The van der Waals surface area contributed by atoms with Crippen LogP contribution in [0.4, 0.5) is 0 Å². The van der Waals surface area contributed by atoms with Crippen LogP contribution in [0.2, 0.25) is 0 Å². The number of rotatable bonds is 8. The van der Waals surface area contributed by atoms with Crippen molar-refractivity contribution >= 4 is 5.91 Å². The molecule has 0 fully saturated rings. The van der Waals surface area contributed by atoms with Crippen molar-refractivity contribution in [3.63, 3.8) is 0 Å². The van der Waals surface area contributed by atoms with E-state index in [9.17, 15) is 4.79 Å². The van der Waals surface area contributed by atoms with Gasteiger partial charge in [-0.2, -0.15) is 0 Å². The van der Waals surface area contributed by atoms with E-state index in [-0.39, 0.29) is 5.91 Å². The molecule has 0 saturated heterocycles. The number of imidazole rings is 1. The van der Waals surface area contributed by atoms with Gasteiger partial charge in [0.25, 0.3) is 5.91 Å². The van der Waals surface area contributed by atoms with Crippen LogP contribution in [0.5, 0.6) is 11.5 Å². The van der Waals surface area contributed by atoms with Crippen molar-refractivity contribution in [3.05, 3.63) is 77.9 Å². The number of nitrogens with one attached hydrogen (secondary N) is 1. The van der Waals surface area contributed by atoms with Crippen LogP contribution in [0.25, 0.3) is 0 Å². The molecule has 1 N–H and O–H groups in total. The van der Waals surface area contributed by atoms with Crippen molar-refractivity contribution in [2.45, 2.75) is 13.0 Å². The van der Waals surface area contributed by atoms with Gasteiger partial charge >= 0.3 is 0 Å². The van der Waals surface area contributed by atoms with Crippen LogP contribution >= 0.6 is 0 Å². The summed E-state index contributed by atoms with van der Waals surface area (Å²) in [6.45, 7) is 1.23. The summed E-state index contributed by atoms with van der Waals surface area (Å²) >= 11 is 0. The molecule has 0 aliphatic carbocycles. The second kappa shape index (κ2) is 8.89. The third kappa shape index (κ3) is 4.47. The fourth-order valence-electron chi connectivity index (χ4n) is 2.94. The lowest BCUT2D eigenvalue weighted by Crippen LogP contribution is -2.27. The summed E-state index contributed by atoms with van der Waals surface area (Å²) < 4.78 is 12.7. The highest BCUT2D eigenvalue weighted by Crippen LogP contribution is 2.30. The van der Waals surface area contributed by atoms with Gasteiger partial charge in [0.2, 0.25) is 0 Å². The second-order valence-electron chi connectivity index (χ2n) is 6.00. The van der Waals surface area contributed by atoms with Gasteiger partial charge in [-0.3, -0.25) is 4.79 Å². The fraction of sp³-hybridized carbons (Fsp3) is 0.238. The maximum Gasteiger partial charge on any atom is 0.255 e. The van der Waals surface area contributed by atoms with Gasteiger partial charge in [-0.15, -0.1) is 0 Å². The highest BCUT2D eigenvalue weighted by atomic mass is 16.5. The summed E-state index contributed by atoms with van der Waals surface area (Å²) in [6, 6.07) is 15.5. The molecule has 0 unspecified atom stereocenters. The van der Waals surface area contributed by atoms with Crippen molar-refractivity contribution in [1.82, 2.24) is 14.9 Å². The number of para-hydroxylation sites is 1. The highest BCUT2D eigenvalue weighted by molar-refractivity contribution is 5.97. The summed E-state index contributed by atoms with van der Waals surface area (Å²) in [6.07, 6.45) is 4.37. The van der Waals surface area contributed by atoms with Crippen LogP contribution in [-0.2, 0) is 13.0 Å². The number of nitrogens with zero attached hydrogens (tertiary/aromatic N) is 2. The van der Waals surface area contributed by atoms with Crippen LogP contribution < -0.4 is 14.8 Å². The number of methoxy groups -OCH3 is 2. The number of amides is 1. The lowest BCUT2D eigenvalue weighted by Gasteiger charge is -2.13. The average molecular weight is 365 g/mol.